The Morgan fingerprint density at radius 1 is 0.667 bits per heavy atom. The largest absolute Gasteiger partial charge is 0.292 e. The molecule has 0 fully saturated rings. The predicted octanol–water partition coefficient (Wildman–Crippen LogP) is 8.76. The lowest BCUT2D eigenvalue weighted by molar-refractivity contribution is 1.08. The highest BCUT2D eigenvalue weighted by molar-refractivity contribution is 7.26. The fraction of sp³-hybridized carbons (Fsp3) is 0. The number of rotatable bonds is 2. The smallest absolute Gasteiger partial charge is 0.162 e. The molecule has 0 aliphatic rings. The minimum atomic E-state index is -0.444. The summed E-state index contributed by atoms with van der Waals surface area (Å²) < 4.78 is 45.9. The van der Waals surface area contributed by atoms with Gasteiger partial charge in [-0.25, -0.2) is 9.97 Å². The molecule has 8 rings (SSSR count). The van der Waals surface area contributed by atoms with Crippen molar-refractivity contribution in [1.29, 1.82) is 0 Å². The van der Waals surface area contributed by atoms with Gasteiger partial charge in [-0.3, -0.25) is 4.57 Å². The van der Waals surface area contributed by atoms with Crippen molar-refractivity contribution in [1.82, 2.24) is 14.5 Å². The fourth-order valence-electron chi connectivity index (χ4n) is 5.08. The van der Waals surface area contributed by atoms with Gasteiger partial charge >= 0.3 is 0 Å². The average Bonchev–Trinajstić information content (AvgIpc) is 3.53. The molecule has 0 N–H and O–H groups in total. The van der Waals surface area contributed by atoms with Crippen LogP contribution in [0.3, 0.4) is 0 Å². The summed E-state index contributed by atoms with van der Waals surface area (Å²) in [5.41, 5.74) is 2.60. The summed E-state index contributed by atoms with van der Waals surface area (Å²) in [7, 11) is 0. The van der Waals surface area contributed by atoms with Gasteiger partial charge in [0.1, 0.15) is 0 Å². The summed E-state index contributed by atoms with van der Waals surface area (Å²) in [6.07, 6.45) is 0. The second-order valence-electron chi connectivity index (χ2n) is 8.72. The van der Waals surface area contributed by atoms with Crippen LogP contribution in [0.2, 0.25) is 0 Å². The second kappa shape index (κ2) is 7.48. The Labute approximate surface area is 217 Å². The molecule has 168 valence electrons. The molecule has 0 spiro atoms. The van der Waals surface area contributed by atoms with Crippen molar-refractivity contribution < 1.29 is 6.85 Å². The van der Waals surface area contributed by atoms with E-state index in [0.717, 1.165) is 47.4 Å². The van der Waals surface area contributed by atoms with Crippen molar-refractivity contribution >= 4 is 64.2 Å². The van der Waals surface area contributed by atoms with E-state index in [4.69, 9.17) is 16.8 Å². The van der Waals surface area contributed by atoms with E-state index in [-0.39, 0.29) is 23.5 Å². The lowest BCUT2D eigenvalue weighted by Crippen LogP contribution is -2.01. The van der Waals surface area contributed by atoms with Gasteiger partial charge in [0.25, 0.3) is 0 Å². The Balaban J connectivity index is 1.58. The van der Waals surface area contributed by atoms with Gasteiger partial charge < -0.3 is 0 Å². The molecule has 0 radical (unpaired) electrons. The van der Waals surface area contributed by atoms with Gasteiger partial charge in [0.15, 0.2) is 11.6 Å². The molecule has 36 heavy (non-hydrogen) atoms. The minimum absolute atomic E-state index is 0.0133. The SMILES string of the molecule is [2H]c1c([2H])c([2H])c(-c2nc(-n3c4ccccc4c4cc5ccccc5cc43)c3sc4ccccc4c3n2)c([2H])c1[2H]. The van der Waals surface area contributed by atoms with Gasteiger partial charge in [-0.1, -0.05) is 90.9 Å². The van der Waals surface area contributed by atoms with Crippen molar-refractivity contribution in [3.8, 4) is 17.2 Å². The second-order valence-corrected chi connectivity index (χ2v) is 9.77. The maximum Gasteiger partial charge on any atom is 0.162 e. The lowest BCUT2D eigenvalue weighted by atomic mass is 10.1. The Morgan fingerprint density at radius 3 is 2.25 bits per heavy atom. The third kappa shape index (κ3) is 2.79. The summed E-state index contributed by atoms with van der Waals surface area (Å²) in [4.78, 5) is 9.88. The highest BCUT2D eigenvalue weighted by Gasteiger charge is 2.20. The van der Waals surface area contributed by atoms with Crippen LogP contribution >= 0.6 is 11.3 Å². The number of hydrogen-bond acceptors (Lipinski definition) is 3. The molecule has 0 amide bonds. The van der Waals surface area contributed by atoms with Crippen molar-refractivity contribution in [2.45, 2.75) is 0 Å². The van der Waals surface area contributed by atoms with E-state index in [9.17, 15) is 0 Å². The first kappa shape index (κ1) is 15.5. The highest BCUT2D eigenvalue weighted by atomic mass is 32.1. The van der Waals surface area contributed by atoms with Crippen molar-refractivity contribution in [3.05, 3.63) is 115 Å². The van der Waals surface area contributed by atoms with Gasteiger partial charge in [-0.05, 0) is 35.0 Å². The van der Waals surface area contributed by atoms with Gasteiger partial charge in [0, 0.05) is 26.4 Å². The van der Waals surface area contributed by atoms with E-state index in [1.54, 1.807) is 11.3 Å². The van der Waals surface area contributed by atoms with Gasteiger partial charge in [-0.15, -0.1) is 11.3 Å². The van der Waals surface area contributed by atoms with Crippen LogP contribution in [0.4, 0.5) is 0 Å². The first-order valence-corrected chi connectivity index (χ1v) is 12.4. The molecule has 3 nitrogen and oxygen atoms in total. The number of fused-ring (bicyclic) bond motifs is 7. The van der Waals surface area contributed by atoms with E-state index >= 15 is 0 Å². The maximum absolute atomic E-state index is 8.65. The number of para-hydroxylation sites is 1. The van der Waals surface area contributed by atoms with Crippen molar-refractivity contribution in [2.24, 2.45) is 0 Å². The Morgan fingerprint density at radius 2 is 1.39 bits per heavy atom. The Hall–Kier alpha value is -4.54. The first-order valence-electron chi connectivity index (χ1n) is 14.1. The summed E-state index contributed by atoms with van der Waals surface area (Å²) >= 11 is 1.58. The van der Waals surface area contributed by atoms with E-state index < -0.39 is 18.1 Å². The zero-order valence-corrected chi connectivity index (χ0v) is 19.6. The molecule has 5 aromatic carbocycles. The molecule has 3 aromatic heterocycles. The summed E-state index contributed by atoms with van der Waals surface area (Å²) in [5.74, 6) is 0.708. The van der Waals surface area contributed by atoms with Crippen molar-refractivity contribution in [3.63, 3.8) is 0 Å². The molecule has 3 heterocycles. The van der Waals surface area contributed by atoms with Crippen LogP contribution in [0.25, 0.3) is 70.1 Å². The van der Waals surface area contributed by atoms with Crippen LogP contribution in [0, 0.1) is 0 Å². The molecule has 4 heteroatoms. The molecule has 0 unspecified atom stereocenters. The molecule has 0 saturated heterocycles. The van der Waals surface area contributed by atoms with E-state index in [0.29, 0.717) is 11.3 Å². The zero-order valence-electron chi connectivity index (χ0n) is 23.8. The zero-order chi connectivity index (χ0) is 28.0. The van der Waals surface area contributed by atoms with Crippen molar-refractivity contribution in [2.75, 3.05) is 0 Å². The predicted molar refractivity (Wildman–Crippen MR) is 152 cm³/mol. The number of aromatic nitrogens is 3. The Bertz CT molecular complexity index is 2360. The van der Waals surface area contributed by atoms with Gasteiger partial charge in [0.2, 0.25) is 0 Å². The molecular formula is C32H19N3S. The highest BCUT2D eigenvalue weighted by Crippen LogP contribution is 2.41. The van der Waals surface area contributed by atoms with Crippen LogP contribution in [0.1, 0.15) is 6.85 Å². The van der Waals surface area contributed by atoms with Crippen LogP contribution in [-0.4, -0.2) is 14.5 Å². The van der Waals surface area contributed by atoms with Gasteiger partial charge in [-0.2, -0.15) is 0 Å². The molecule has 0 aliphatic heterocycles. The van der Waals surface area contributed by atoms with Crippen LogP contribution in [-0.2, 0) is 0 Å². The maximum atomic E-state index is 8.65. The molecule has 0 bridgehead atoms. The summed E-state index contributed by atoms with van der Waals surface area (Å²) in [6.45, 7) is 0. The number of nitrogens with zero attached hydrogens (tertiary/aromatic N) is 3. The molecule has 0 saturated carbocycles. The normalized spacial score (nSPS) is 13.8. The first-order chi connectivity index (χ1) is 19.9. The number of hydrogen-bond donors (Lipinski definition) is 0. The summed E-state index contributed by atoms with van der Waals surface area (Å²) in [6, 6.07) is 26.8. The number of thiophene rings is 1. The molecule has 8 aromatic rings. The Kier molecular flexibility index (Phi) is 3.21. The van der Waals surface area contributed by atoms with Gasteiger partial charge in [0.05, 0.1) is 28.1 Å². The standard InChI is InChI=1S/C32H19N3S/c1-2-10-20(11-3-1)31-33-29-24-15-7-9-17-28(24)36-30(29)32(34-31)35-26-16-8-6-14-23(26)25-18-21-12-4-5-13-22(21)19-27(25)35/h1-19H/i1D,2D,3D,10D,11D. The fourth-order valence-corrected chi connectivity index (χ4v) is 6.21. The summed E-state index contributed by atoms with van der Waals surface area (Å²) in [5, 5.41) is 5.31. The molecule has 0 atom stereocenters. The van der Waals surface area contributed by atoms with Crippen LogP contribution in [0.15, 0.2) is 115 Å². The topological polar surface area (TPSA) is 30.7 Å². The number of benzene rings is 5. The third-order valence-corrected chi connectivity index (χ3v) is 7.83. The van der Waals surface area contributed by atoms with E-state index in [1.807, 2.05) is 48.5 Å². The lowest BCUT2D eigenvalue weighted by Gasteiger charge is -2.11. The molecule has 0 aliphatic carbocycles. The monoisotopic (exact) mass is 482 g/mol. The average molecular weight is 483 g/mol. The van der Waals surface area contributed by atoms with Crippen LogP contribution in [0.5, 0.6) is 0 Å². The van der Waals surface area contributed by atoms with E-state index in [2.05, 4.69) is 41.0 Å². The van der Waals surface area contributed by atoms with Crippen LogP contribution < -0.4 is 0 Å². The third-order valence-electron chi connectivity index (χ3n) is 6.68. The quantitative estimate of drug-likeness (QED) is 0.246. The minimum Gasteiger partial charge on any atom is -0.292 e. The van der Waals surface area contributed by atoms with E-state index in [1.165, 1.54) is 0 Å². The molecular weight excluding hydrogens is 458 g/mol.